The van der Waals surface area contributed by atoms with Gasteiger partial charge in [0.1, 0.15) is 5.82 Å². The van der Waals surface area contributed by atoms with Crippen molar-refractivity contribution in [1.29, 1.82) is 0 Å². The van der Waals surface area contributed by atoms with Crippen LogP contribution in [0, 0.1) is 17.7 Å². The first-order chi connectivity index (χ1) is 10.0. The van der Waals surface area contributed by atoms with Crippen molar-refractivity contribution < 1.29 is 9.18 Å². The van der Waals surface area contributed by atoms with Gasteiger partial charge in [-0.3, -0.25) is 4.79 Å². The fourth-order valence-electron chi connectivity index (χ4n) is 3.21. The molecule has 116 valence electrons. The summed E-state index contributed by atoms with van der Waals surface area (Å²) >= 11 is 0. The zero-order valence-corrected chi connectivity index (χ0v) is 12.9. The molecule has 0 bridgehead atoms. The molecule has 3 nitrogen and oxygen atoms in total. The molecule has 0 unspecified atom stereocenters. The highest BCUT2D eigenvalue weighted by molar-refractivity contribution is 5.94. The summed E-state index contributed by atoms with van der Waals surface area (Å²) in [7, 11) is 0. The topological polar surface area (TPSA) is 32.3 Å². The maximum Gasteiger partial charge on any atom is 0.251 e. The van der Waals surface area contributed by atoms with Gasteiger partial charge in [0.15, 0.2) is 0 Å². The monoisotopic (exact) mass is 292 g/mol. The summed E-state index contributed by atoms with van der Waals surface area (Å²) in [4.78, 5) is 14.3. The maximum absolute atomic E-state index is 13.0. The van der Waals surface area contributed by atoms with Gasteiger partial charge in [-0.05, 0) is 49.4 Å². The van der Waals surface area contributed by atoms with Gasteiger partial charge in [-0.15, -0.1) is 0 Å². The molecule has 1 saturated heterocycles. The van der Waals surface area contributed by atoms with Crippen molar-refractivity contribution >= 4 is 5.91 Å². The highest BCUT2D eigenvalue weighted by Gasteiger charge is 2.21. The van der Waals surface area contributed by atoms with E-state index in [1.807, 2.05) is 0 Å². The lowest BCUT2D eigenvalue weighted by Crippen LogP contribution is -2.40. The Morgan fingerprint density at radius 1 is 1.33 bits per heavy atom. The van der Waals surface area contributed by atoms with Crippen molar-refractivity contribution in [3.05, 3.63) is 35.6 Å². The van der Waals surface area contributed by atoms with Crippen LogP contribution in [0.25, 0.3) is 0 Å². The summed E-state index contributed by atoms with van der Waals surface area (Å²) in [6.07, 6.45) is 2.24. The standard InChI is InChI=1S/C17H25FN2O/c1-13-9-14(2)12-20(11-13)8-4-7-19-17(21)15-5-3-6-16(18)10-15/h3,5-6,10,13-14H,4,7-9,11-12H2,1-2H3,(H,19,21)/t13-,14+. The van der Waals surface area contributed by atoms with Gasteiger partial charge in [-0.2, -0.15) is 0 Å². The third-order valence-corrected chi connectivity index (χ3v) is 3.97. The second kappa shape index (κ2) is 7.55. The summed E-state index contributed by atoms with van der Waals surface area (Å²) < 4.78 is 13.0. The first-order valence-electron chi connectivity index (χ1n) is 7.80. The fraction of sp³-hybridized carbons (Fsp3) is 0.588. The third-order valence-electron chi connectivity index (χ3n) is 3.97. The largest absolute Gasteiger partial charge is 0.352 e. The molecule has 2 atom stereocenters. The first-order valence-corrected chi connectivity index (χ1v) is 7.80. The highest BCUT2D eigenvalue weighted by Crippen LogP contribution is 2.20. The van der Waals surface area contributed by atoms with Crippen molar-refractivity contribution in [2.45, 2.75) is 26.7 Å². The zero-order chi connectivity index (χ0) is 15.2. The number of amides is 1. The van der Waals surface area contributed by atoms with Crippen molar-refractivity contribution in [1.82, 2.24) is 10.2 Å². The lowest BCUT2D eigenvalue weighted by atomic mass is 9.92. The highest BCUT2D eigenvalue weighted by atomic mass is 19.1. The van der Waals surface area contributed by atoms with E-state index in [0.29, 0.717) is 12.1 Å². The predicted molar refractivity (Wildman–Crippen MR) is 82.7 cm³/mol. The van der Waals surface area contributed by atoms with Crippen molar-refractivity contribution in [2.75, 3.05) is 26.2 Å². The minimum atomic E-state index is -0.376. The number of likely N-dealkylation sites (tertiary alicyclic amines) is 1. The fourth-order valence-corrected chi connectivity index (χ4v) is 3.21. The van der Waals surface area contributed by atoms with E-state index < -0.39 is 0 Å². The molecule has 1 amide bonds. The van der Waals surface area contributed by atoms with Crippen LogP contribution in [0.15, 0.2) is 24.3 Å². The molecule has 1 N–H and O–H groups in total. The van der Waals surface area contributed by atoms with Crippen molar-refractivity contribution in [2.24, 2.45) is 11.8 Å². The van der Waals surface area contributed by atoms with E-state index in [9.17, 15) is 9.18 Å². The Hall–Kier alpha value is -1.42. The van der Waals surface area contributed by atoms with E-state index in [4.69, 9.17) is 0 Å². The number of rotatable bonds is 5. The van der Waals surface area contributed by atoms with Crippen LogP contribution >= 0.6 is 0 Å². The average Bonchev–Trinajstić information content (AvgIpc) is 2.42. The summed E-state index contributed by atoms with van der Waals surface area (Å²) in [5.41, 5.74) is 0.384. The van der Waals surface area contributed by atoms with Crippen molar-refractivity contribution in [3.63, 3.8) is 0 Å². The molecule has 1 fully saturated rings. The van der Waals surface area contributed by atoms with E-state index in [1.54, 1.807) is 12.1 Å². The normalized spacial score (nSPS) is 23.0. The number of hydrogen-bond acceptors (Lipinski definition) is 2. The summed E-state index contributed by atoms with van der Waals surface area (Å²) in [6, 6.07) is 5.80. The van der Waals surface area contributed by atoms with Gasteiger partial charge in [0.25, 0.3) is 5.91 Å². The molecule has 1 aliphatic rings. The lowest BCUT2D eigenvalue weighted by Gasteiger charge is -2.34. The Bertz CT molecular complexity index is 468. The number of nitrogens with one attached hydrogen (secondary N) is 1. The van der Waals surface area contributed by atoms with Gasteiger partial charge in [0, 0.05) is 25.2 Å². The number of halogens is 1. The van der Waals surface area contributed by atoms with Crippen LogP contribution in [0.4, 0.5) is 4.39 Å². The minimum absolute atomic E-state index is 0.199. The van der Waals surface area contributed by atoms with E-state index in [2.05, 4.69) is 24.1 Å². The number of carbonyl (C=O) groups excluding carboxylic acids is 1. The molecule has 0 aliphatic carbocycles. The molecule has 0 saturated carbocycles. The smallest absolute Gasteiger partial charge is 0.251 e. The molecule has 0 aromatic heterocycles. The number of hydrogen-bond donors (Lipinski definition) is 1. The second-order valence-corrected chi connectivity index (χ2v) is 6.33. The van der Waals surface area contributed by atoms with Crippen LogP contribution < -0.4 is 5.32 Å². The number of piperidine rings is 1. The van der Waals surface area contributed by atoms with Gasteiger partial charge in [-0.1, -0.05) is 19.9 Å². The average molecular weight is 292 g/mol. The SMILES string of the molecule is C[C@@H]1C[C@H](C)CN(CCCNC(=O)c2cccc(F)c2)C1. The van der Waals surface area contributed by atoms with E-state index >= 15 is 0 Å². The van der Waals surface area contributed by atoms with E-state index in [-0.39, 0.29) is 11.7 Å². The van der Waals surface area contributed by atoms with Gasteiger partial charge in [0.05, 0.1) is 0 Å². The Morgan fingerprint density at radius 3 is 2.71 bits per heavy atom. The molecule has 1 aliphatic heterocycles. The lowest BCUT2D eigenvalue weighted by molar-refractivity contribution is 0.0947. The molecule has 0 radical (unpaired) electrons. The van der Waals surface area contributed by atoms with Crippen LogP contribution in [0.1, 0.15) is 37.0 Å². The molecule has 1 heterocycles. The van der Waals surface area contributed by atoms with E-state index in [0.717, 1.165) is 37.9 Å². The van der Waals surface area contributed by atoms with Crippen LogP contribution in [0.5, 0.6) is 0 Å². The van der Waals surface area contributed by atoms with Gasteiger partial charge < -0.3 is 10.2 Å². The number of benzene rings is 1. The number of carbonyl (C=O) groups is 1. The Morgan fingerprint density at radius 2 is 2.05 bits per heavy atom. The molecule has 4 heteroatoms. The second-order valence-electron chi connectivity index (χ2n) is 6.33. The summed E-state index contributed by atoms with van der Waals surface area (Å²) in [5.74, 6) is 0.945. The Labute approximate surface area is 126 Å². The third kappa shape index (κ3) is 5.12. The minimum Gasteiger partial charge on any atom is -0.352 e. The molecule has 1 aromatic rings. The first kappa shape index (κ1) is 16.0. The van der Waals surface area contributed by atoms with Crippen LogP contribution in [-0.4, -0.2) is 37.0 Å². The number of nitrogens with zero attached hydrogens (tertiary/aromatic N) is 1. The van der Waals surface area contributed by atoms with Gasteiger partial charge >= 0.3 is 0 Å². The summed E-state index contributed by atoms with van der Waals surface area (Å²) in [5, 5.41) is 2.86. The van der Waals surface area contributed by atoms with Crippen LogP contribution in [-0.2, 0) is 0 Å². The molecule has 1 aromatic carbocycles. The van der Waals surface area contributed by atoms with Crippen LogP contribution in [0.2, 0.25) is 0 Å². The molecule has 2 rings (SSSR count). The quantitative estimate of drug-likeness (QED) is 0.846. The maximum atomic E-state index is 13.0. The van der Waals surface area contributed by atoms with Gasteiger partial charge in [-0.25, -0.2) is 4.39 Å². The molecular formula is C17H25FN2O. The Kier molecular flexibility index (Phi) is 5.74. The Balaban J connectivity index is 1.69. The van der Waals surface area contributed by atoms with Crippen molar-refractivity contribution in [3.8, 4) is 0 Å². The molecular weight excluding hydrogens is 267 g/mol. The molecule has 0 spiro atoms. The van der Waals surface area contributed by atoms with Gasteiger partial charge in [0.2, 0.25) is 0 Å². The predicted octanol–water partition coefficient (Wildman–Crippen LogP) is 2.92. The molecule has 21 heavy (non-hydrogen) atoms. The summed E-state index contributed by atoms with van der Waals surface area (Å²) in [6.45, 7) is 8.56. The zero-order valence-electron chi connectivity index (χ0n) is 12.9. The van der Waals surface area contributed by atoms with E-state index in [1.165, 1.54) is 18.6 Å². The van der Waals surface area contributed by atoms with Crippen LogP contribution in [0.3, 0.4) is 0 Å².